The van der Waals surface area contributed by atoms with Crippen molar-refractivity contribution >= 4 is 30.6 Å². The first kappa shape index (κ1) is 22.5. The third kappa shape index (κ3) is 5.57. The van der Waals surface area contributed by atoms with Gasteiger partial charge in [-0.3, -0.25) is 0 Å². The second kappa shape index (κ2) is 9.86. The van der Waals surface area contributed by atoms with Gasteiger partial charge in [-0.25, -0.2) is 9.67 Å². The van der Waals surface area contributed by atoms with Gasteiger partial charge in [0.1, 0.15) is 29.9 Å². The molecule has 0 aliphatic carbocycles. The Morgan fingerprint density at radius 3 is 2.53 bits per heavy atom. The van der Waals surface area contributed by atoms with Gasteiger partial charge in [0, 0.05) is 25.6 Å². The van der Waals surface area contributed by atoms with E-state index in [1.165, 1.54) is 0 Å². The average molecular weight is 466 g/mol. The van der Waals surface area contributed by atoms with Crippen molar-refractivity contribution in [2.24, 2.45) is 0 Å². The van der Waals surface area contributed by atoms with Gasteiger partial charge < -0.3 is 9.47 Å². The molecule has 32 heavy (non-hydrogen) atoms. The highest BCUT2D eigenvalue weighted by molar-refractivity contribution is 6.76. The van der Waals surface area contributed by atoms with Gasteiger partial charge in [0.2, 0.25) is 0 Å². The average Bonchev–Trinajstić information content (AvgIpc) is 3.13. The Balaban J connectivity index is 1.63. The van der Waals surface area contributed by atoms with Crippen LogP contribution in [0, 0.1) is 0 Å². The number of para-hydroxylation sites is 1. The highest BCUT2D eigenvalue weighted by Gasteiger charge is 2.18. The molecule has 2 heterocycles. The van der Waals surface area contributed by atoms with Crippen LogP contribution in [0.15, 0.2) is 66.9 Å². The van der Waals surface area contributed by atoms with Crippen LogP contribution in [0.1, 0.15) is 5.56 Å². The monoisotopic (exact) mass is 465 g/mol. The Kier molecular flexibility index (Phi) is 6.94. The van der Waals surface area contributed by atoms with Crippen LogP contribution in [0.2, 0.25) is 30.8 Å². The fourth-order valence-corrected chi connectivity index (χ4v) is 4.31. The van der Waals surface area contributed by atoms with E-state index in [1.54, 1.807) is 6.20 Å². The maximum Gasteiger partial charge on any atom is 0.140 e. The Morgan fingerprint density at radius 1 is 1.00 bits per heavy atom. The summed E-state index contributed by atoms with van der Waals surface area (Å²) in [6.07, 6.45) is 1.75. The number of hydrogen-bond acceptors (Lipinski definition) is 4. The Bertz CT molecular complexity index is 1190. The van der Waals surface area contributed by atoms with Gasteiger partial charge >= 0.3 is 0 Å². The molecule has 0 bridgehead atoms. The van der Waals surface area contributed by atoms with E-state index in [9.17, 15) is 0 Å². The largest absolute Gasteiger partial charge is 0.488 e. The smallest absolute Gasteiger partial charge is 0.140 e. The number of ether oxygens (including phenoxy) is 2. The second-order valence-electron chi connectivity index (χ2n) is 8.99. The summed E-state index contributed by atoms with van der Waals surface area (Å²) < 4.78 is 14.0. The normalized spacial score (nSPS) is 11.8. The zero-order chi connectivity index (χ0) is 22.6. The minimum absolute atomic E-state index is 0.372. The summed E-state index contributed by atoms with van der Waals surface area (Å²) in [6, 6.07) is 21.0. The molecule has 166 valence electrons. The molecule has 0 aliphatic heterocycles. The third-order valence-electron chi connectivity index (χ3n) is 5.19. The molecule has 0 spiro atoms. The Morgan fingerprint density at radius 2 is 1.75 bits per heavy atom. The SMILES string of the molecule is C[Si](C)(C)CCOCn1nc(-c2ccccc2OCc2ccccc2)c2cc(Cl)ncc21. The first-order valence-electron chi connectivity index (χ1n) is 10.8. The summed E-state index contributed by atoms with van der Waals surface area (Å²) in [5.41, 5.74) is 3.72. The molecule has 4 rings (SSSR count). The number of fused-ring (bicyclic) bond motifs is 1. The number of hydrogen-bond donors (Lipinski definition) is 0. The van der Waals surface area contributed by atoms with Crippen LogP contribution in [0.4, 0.5) is 0 Å². The standard InChI is InChI=1S/C25H28ClN3O2Si/c1-32(2,3)14-13-30-18-29-22-16-27-24(26)15-21(22)25(28-29)20-11-7-8-12-23(20)31-17-19-9-5-4-6-10-19/h4-12,15-16H,13-14,17-18H2,1-3H3. The fourth-order valence-electron chi connectivity index (χ4n) is 3.40. The predicted molar refractivity (Wildman–Crippen MR) is 133 cm³/mol. The second-order valence-corrected chi connectivity index (χ2v) is 15.0. The van der Waals surface area contributed by atoms with Crippen molar-refractivity contribution < 1.29 is 9.47 Å². The van der Waals surface area contributed by atoms with Crippen LogP contribution >= 0.6 is 11.6 Å². The first-order chi connectivity index (χ1) is 15.4. The lowest BCUT2D eigenvalue weighted by Crippen LogP contribution is -2.22. The van der Waals surface area contributed by atoms with Crippen molar-refractivity contribution in [1.29, 1.82) is 0 Å². The topological polar surface area (TPSA) is 49.2 Å². The molecule has 5 nitrogen and oxygen atoms in total. The fraction of sp³-hybridized carbons (Fsp3) is 0.280. The van der Waals surface area contributed by atoms with Crippen LogP contribution < -0.4 is 4.74 Å². The van der Waals surface area contributed by atoms with Gasteiger partial charge in [-0.1, -0.05) is 73.7 Å². The lowest BCUT2D eigenvalue weighted by Gasteiger charge is -2.15. The van der Waals surface area contributed by atoms with Gasteiger partial charge in [-0.2, -0.15) is 5.10 Å². The van der Waals surface area contributed by atoms with Gasteiger partial charge in [0.25, 0.3) is 0 Å². The number of aromatic nitrogens is 3. The molecule has 2 aromatic carbocycles. The molecule has 0 amide bonds. The van der Waals surface area contributed by atoms with Crippen LogP contribution in [-0.4, -0.2) is 29.4 Å². The van der Waals surface area contributed by atoms with Crippen LogP contribution in [-0.2, 0) is 18.1 Å². The lowest BCUT2D eigenvalue weighted by molar-refractivity contribution is 0.0818. The quantitative estimate of drug-likeness (QED) is 0.158. The number of halogens is 1. The molecule has 0 atom stereocenters. The van der Waals surface area contributed by atoms with E-state index < -0.39 is 8.07 Å². The first-order valence-corrected chi connectivity index (χ1v) is 14.9. The van der Waals surface area contributed by atoms with Crippen LogP contribution in [0.5, 0.6) is 5.75 Å². The van der Waals surface area contributed by atoms with Crippen molar-refractivity contribution in [3.63, 3.8) is 0 Å². The molecule has 0 saturated heterocycles. The number of rotatable bonds is 9. The summed E-state index contributed by atoms with van der Waals surface area (Å²) in [7, 11) is -1.15. The summed E-state index contributed by atoms with van der Waals surface area (Å²) in [4.78, 5) is 4.27. The van der Waals surface area contributed by atoms with E-state index in [0.717, 1.165) is 46.1 Å². The number of nitrogens with zero attached hydrogens (tertiary/aromatic N) is 3. The highest BCUT2D eigenvalue weighted by atomic mass is 35.5. The van der Waals surface area contributed by atoms with Crippen molar-refractivity contribution in [1.82, 2.24) is 14.8 Å². The minimum Gasteiger partial charge on any atom is -0.488 e. The van der Waals surface area contributed by atoms with Crippen LogP contribution in [0.25, 0.3) is 22.2 Å². The van der Waals surface area contributed by atoms with E-state index in [1.807, 2.05) is 53.2 Å². The molecule has 2 aromatic heterocycles. The highest BCUT2D eigenvalue weighted by Crippen LogP contribution is 2.35. The van der Waals surface area contributed by atoms with E-state index in [0.29, 0.717) is 18.5 Å². The summed E-state index contributed by atoms with van der Waals surface area (Å²) in [5, 5.41) is 6.23. The van der Waals surface area contributed by atoms with E-state index in [4.69, 9.17) is 26.2 Å². The van der Waals surface area contributed by atoms with Gasteiger partial charge in [-0.05, 0) is 29.8 Å². The van der Waals surface area contributed by atoms with Crippen LogP contribution in [0.3, 0.4) is 0 Å². The molecule has 0 saturated carbocycles. The maximum absolute atomic E-state index is 6.24. The molecule has 0 unspecified atom stereocenters. The van der Waals surface area contributed by atoms with Crippen molar-refractivity contribution in [2.45, 2.75) is 39.0 Å². The van der Waals surface area contributed by atoms with Crippen molar-refractivity contribution in [3.05, 3.63) is 77.6 Å². The number of pyridine rings is 1. The van der Waals surface area contributed by atoms with E-state index in [-0.39, 0.29) is 0 Å². The molecule has 0 N–H and O–H groups in total. The van der Waals surface area contributed by atoms with Crippen molar-refractivity contribution in [3.8, 4) is 17.0 Å². The zero-order valence-electron chi connectivity index (χ0n) is 18.7. The molecule has 0 fully saturated rings. The predicted octanol–water partition coefficient (Wildman–Crippen LogP) is 6.64. The van der Waals surface area contributed by atoms with Gasteiger partial charge in [0.05, 0.1) is 11.7 Å². The summed E-state index contributed by atoms with van der Waals surface area (Å²) >= 11 is 6.24. The van der Waals surface area contributed by atoms with Gasteiger partial charge in [-0.15, -0.1) is 0 Å². The minimum atomic E-state index is -1.15. The molecule has 0 radical (unpaired) electrons. The number of benzene rings is 2. The summed E-state index contributed by atoms with van der Waals surface area (Å²) in [5.74, 6) is 0.774. The lowest BCUT2D eigenvalue weighted by atomic mass is 10.1. The zero-order valence-corrected chi connectivity index (χ0v) is 20.5. The third-order valence-corrected chi connectivity index (χ3v) is 7.10. The molecular weight excluding hydrogens is 438 g/mol. The van der Waals surface area contributed by atoms with E-state index in [2.05, 4.69) is 36.8 Å². The molecule has 4 aromatic rings. The Hall–Kier alpha value is -2.67. The van der Waals surface area contributed by atoms with Crippen molar-refractivity contribution in [2.75, 3.05) is 6.61 Å². The Labute approximate surface area is 195 Å². The molecule has 7 heteroatoms. The van der Waals surface area contributed by atoms with E-state index >= 15 is 0 Å². The molecule has 0 aliphatic rings. The maximum atomic E-state index is 6.24. The summed E-state index contributed by atoms with van der Waals surface area (Å²) in [6.45, 7) is 8.61. The van der Waals surface area contributed by atoms with Gasteiger partial charge in [0.15, 0.2) is 0 Å². The molecular formula is C25H28ClN3O2Si.